The van der Waals surface area contributed by atoms with Gasteiger partial charge in [-0.05, 0) is 72.9 Å². The number of rotatable bonds is 5. The Morgan fingerprint density at radius 2 is 1.79 bits per heavy atom. The summed E-state index contributed by atoms with van der Waals surface area (Å²) in [5.74, 6) is 0.0417. The molecule has 5 aromatic rings. The molecule has 198 valence electrons. The highest BCUT2D eigenvalue weighted by atomic mass is 32.2. The van der Waals surface area contributed by atoms with Gasteiger partial charge < -0.3 is 0 Å². The zero-order valence-electron chi connectivity index (χ0n) is 21.8. The van der Waals surface area contributed by atoms with Gasteiger partial charge in [0, 0.05) is 36.9 Å². The number of hydrogen-bond donors (Lipinski definition) is 0. The summed E-state index contributed by atoms with van der Waals surface area (Å²) in [5.41, 5.74) is 5.97. The summed E-state index contributed by atoms with van der Waals surface area (Å²) in [4.78, 5) is 1.27. The van der Waals surface area contributed by atoms with Gasteiger partial charge in [-0.15, -0.1) is 5.10 Å². The number of fused-ring (bicyclic) bond motifs is 2. The first-order valence-corrected chi connectivity index (χ1v) is 14.3. The van der Waals surface area contributed by atoms with Crippen LogP contribution in [0.1, 0.15) is 28.2 Å². The van der Waals surface area contributed by atoms with Crippen LogP contribution in [0.4, 0.5) is 4.39 Å². The lowest BCUT2D eigenvalue weighted by molar-refractivity contribution is 0.418. The summed E-state index contributed by atoms with van der Waals surface area (Å²) in [7, 11) is -2.17. The summed E-state index contributed by atoms with van der Waals surface area (Å²) in [6, 6.07) is 19.1. The zero-order chi connectivity index (χ0) is 27.1. The number of benzene rings is 3. The number of hydrogen-bond acceptors (Lipinski definition) is 5. The van der Waals surface area contributed by atoms with E-state index in [9.17, 15) is 12.8 Å². The molecule has 1 aliphatic carbocycles. The van der Waals surface area contributed by atoms with Crippen molar-refractivity contribution in [3.05, 3.63) is 101 Å². The standard InChI is InChI=1S/C29H27FN6O2S/c1-18-5-4-6-20(11-18)28-25-16-35(39(37,38)27-15-31-34(3)33-27)17-29(25,28)24-13-21-14-32-36(26(21)12-19(24)2)23-9-7-22(30)8-10-23/h4-15,25,28H,16-17H2,1-3H3/t25-,28+,29+/m0/s1. The Kier molecular flexibility index (Phi) is 5.15. The smallest absolute Gasteiger partial charge is 0.233 e. The van der Waals surface area contributed by atoms with Gasteiger partial charge >= 0.3 is 0 Å². The number of nitrogens with zero attached hydrogens (tertiary/aromatic N) is 6. The summed E-state index contributed by atoms with van der Waals surface area (Å²) in [6.45, 7) is 4.95. The molecule has 10 heteroatoms. The predicted octanol–water partition coefficient (Wildman–Crippen LogP) is 4.27. The molecule has 0 bridgehead atoms. The second-order valence-electron chi connectivity index (χ2n) is 10.8. The molecule has 3 aromatic carbocycles. The van der Waals surface area contributed by atoms with Gasteiger partial charge in [-0.2, -0.15) is 19.3 Å². The van der Waals surface area contributed by atoms with Crippen LogP contribution in [-0.2, 0) is 22.5 Å². The molecule has 0 radical (unpaired) electrons. The van der Waals surface area contributed by atoms with Crippen molar-refractivity contribution in [2.75, 3.05) is 13.1 Å². The lowest BCUT2D eigenvalue weighted by Gasteiger charge is -2.24. The van der Waals surface area contributed by atoms with Crippen LogP contribution in [-0.4, -0.2) is 50.6 Å². The van der Waals surface area contributed by atoms with Crippen LogP contribution in [0.3, 0.4) is 0 Å². The topological polar surface area (TPSA) is 85.9 Å². The van der Waals surface area contributed by atoms with Crippen LogP contribution in [0, 0.1) is 25.6 Å². The van der Waals surface area contributed by atoms with Gasteiger partial charge in [0.05, 0.1) is 23.6 Å². The maximum atomic E-state index is 13.5. The molecule has 8 nitrogen and oxygen atoms in total. The van der Waals surface area contributed by atoms with Crippen molar-refractivity contribution in [3.8, 4) is 5.69 Å². The van der Waals surface area contributed by atoms with E-state index in [1.165, 1.54) is 34.3 Å². The average Bonchev–Trinajstić information content (AvgIpc) is 3.33. The molecule has 7 rings (SSSR count). The van der Waals surface area contributed by atoms with Gasteiger partial charge in [0.2, 0.25) is 5.03 Å². The van der Waals surface area contributed by atoms with Crippen LogP contribution in [0.2, 0.25) is 0 Å². The molecule has 2 aliphatic rings. The predicted molar refractivity (Wildman–Crippen MR) is 145 cm³/mol. The summed E-state index contributed by atoms with van der Waals surface area (Å²) in [5, 5.41) is 13.6. The van der Waals surface area contributed by atoms with E-state index in [1.807, 2.05) is 10.9 Å². The number of sulfonamides is 1. The highest BCUT2D eigenvalue weighted by Crippen LogP contribution is 2.70. The third-order valence-corrected chi connectivity index (χ3v) is 10.1. The van der Waals surface area contributed by atoms with Gasteiger partial charge in [0.25, 0.3) is 10.0 Å². The monoisotopic (exact) mass is 542 g/mol. The van der Waals surface area contributed by atoms with E-state index in [0.717, 1.165) is 27.7 Å². The molecule has 1 aliphatic heterocycles. The molecule has 0 N–H and O–H groups in total. The highest BCUT2D eigenvalue weighted by molar-refractivity contribution is 7.89. The zero-order valence-corrected chi connectivity index (χ0v) is 22.6. The summed E-state index contributed by atoms with van der Waals surface area (Å²) < 4.78 is 44.0. The maximum absolute atomic E-state index is 13.5. The molecule has 3 atom stereocenters. The van der Waals surface area contributed by atoms with Gasteiger partial charge in [-0.1, -0.05) is 29.8 Å². The van der Waals surface area contributed by atoms with Gasteiger partial charge in [0.1, 0.15) is 5.82 Å². The van der Waals surface area contributed by atoms with E-state index in [-0.39, 0.29) is 28.1 Å². The molecular weight excluding hydrogens is 515 g/mol. The van der Waals surface area contributed by atoms with Gasteiger partial charge in [0.15, 0.2) is 0 Å². The van der Waals surface area contributed by atoms with Crippen molar-refractivity contribution in [3.63, 3.8) is 0 Å². The normalized spacial score (nSPS) is 22.9. The summed E-state index contributed by atoms with van der Waals surface area (Å²) in [6.07, 6.45) is 3.13. The highest BCUT2D eigenvalue weighted by Gasteiger charge is 2.71. The fraction of sp³-hybridized carbons (Fsp3) is 0.276. The van der Waals surface area contributed by atoms with Crippen molar-refractivity contribution < 1.29 is 12.8 Å². The number of halogens is 1. The van der Waals surface area contributed by atoms with Crippen molar-refractivity contribution in [1.29, 1.82) is 0 Å². The first-order chi connectivity index (χ1) is 18.7. The van der Waals surface area contributed by atoms with E-state index < -0.39 is 10.0 Å². The Labute approximate surface area is 225 Å². The van der Waals surface area contributed by atoms with Gasteiger partial charge in [-0.25, -0.2) is 17.5 Å². The second-order valence-corrected chi connectivity index (χ2v) is 12.7. The van der Waals surface area contributed by atoms with E-state index in [0.29, 0.717) is 13.1 Å². The number of aromatic nitrogens is 5. The number of piperidine rings is 1. The fourth-order valence-electron chi connectivity index (χ4n) is 6.65. The van der Waals surface area contributed by atoms with Crippen LogP contribution in [0.15, 0.2) is 78.1 Å². The molecule has 39 heavy (non-hydrogen) atoms. The van der Waals surface area contributed by atoms with Crippen LogP contribution in [0.5, 0.6) is 0 Å². The van der Waals surface area contributed by atoms with E-state index in [2.05, 4.69) is 65.5 Å². The number of aryl methyl sites for hydroxylation is 3. The quantitative estimate of drug-likeness (QED) is 0.331. The van der Waals surface area contributed by atoms with Gasteiger partial charge in [-0.3, -0.25) is 0 Å². The first kappa shape index (κ1) is 24.2. The third kappa shape index (κ3) is 3.58. The van der Waals surface area contributed by atoms with E-state index in [1.54, 1.807) is 23.5 Å². The summed E-state index contributed by atoms with van der Waals surface area (Å²) >= 11 is 0. The average molecular weight is 543 g/mol. The molecule has 2 fully saturated rings. The van der Waals surface area contributed by atoms with Crippen molar-refractivity contribution >= 4 is 20.9 Å². The molecule has 0 amide bonds. The molecule has 0 unspecified atom stereocenters. The minimum atomic E-state index is -3.78. The Bertz CT molecular complexity index is 1860. The molecule has 1 saturated carbocycles. The minimum Gasteiger partial charge on any atom is -0.233 e. The van der Waals surface area contributed by atoms with E-state index in [4.69, 9.17) is 0 Å². The van der Waals surface area contributed by atoms with E-state index >= 15 is 0 Å². The lowest BCUT2D eigenvalue weighted by Crippen LogP contribution is -2.35. The Morgan fingerprint density at radius 1 is 1.00 bits per heavy atom. The van der Waals surface area contributed by atoms with Crippen molar-refractivity contribution in [2.24, 2.45) is 13.0 Å². The molecule has 0 spiro atoms. The van der Waals surface area contributed by atoms with Crippen molar-refractivity contribution in [1.82, 2.24) is 29.1 Å². The second kappa shape index (κ2) is 8.30. The molecule has 1 saturated heterocycles. The van der Waals surface area contributed by atoms with Crippen molar-refractivity contribution in [2.45, 2.75) is 30.2 Å². The molecular formula is C29H27FN6O2S. The first-order valence-electron chi connectivity index (χ1n) is 12.9. The maximum Gasteiger partial charge on any atom is 0.264 e. The van der Waals surface area contributed by atoms with Crippen LogP contribution < -0.4 is 0 Å². The lowest BCUT2D eigenvalue weighted by atomic mass is 9.86. The van der Waals surface area contributed by atoms with Crippen LogP contribution in [0.25, 0.3) is 16.6 Å². The molecule has 2 aromatic heterocycles. The third-order valence-electron chi connectivity index (χ3n) is 8.42. The minimum absolute atomic E-state index is 0.0266. The molecule has 3 heterocycles. The largest absolute Gasteiger partial charge is 0.264 e. The Morgan fingerprint density at radius 3 is 2.51 bits per heavy atom. The fourth-order valence-corrected chi connectivity index (χ4v) is 8.06. The SMILES string of the molecule is Cc1cccc([C@@H]2[C@@H]3CN(S(=O)(=O)c4cnn(C)n4)C[C@]23c2cc3cnn(-c4ccc(F)cc4)c3cc2C)c1. The van der Waals surface area contributed by atoms with Crippen LogP contribution >= 0.6 is 0 Å². The Hall–Kier alpha value is -3.89. The Balaban J connectivity index is 1.34.